The number of aromatic nitrogens is 5. The highest BCUT2D eigenvalue weighted by molar-refractivity contribution is 6.30. The van der Waals surface area contributed by atoms with Crippen molar-refractivity contribution in [1.82, 2.24) is 30.1 Å². The number of anilines is 1. The predicted molar refractivity (Wildman–Crippen MR) is 146 cm³/mol. The number of piperazine rings is 1. The van der Waals surface area contributed by atoms with Gasteiger partial charge in [-0.05, 0) is 79.4 Å². The van der Waals surface area contributed by atoms with Gasteiger partial charge in [-0.1, -0.05) is 17.7 Å². The van der Waals surface area contributed by atoms with Gasteiger partial charge in [0.15, 0.2) is 5.82 Å². The van der Waals surface area contributed by atoms with Crippen LogP contribution in [0.5, 0.6) is 5.75 Å². The topological polar surface area (TPSA) is 92.2 Å². The highest BCUT2D eigenvalue weighted by Gasteiger charge is 2.35. The molecule has 1 N–H and O–H groups in total. The number of hydrogen-bond donors (Lipinski definition) is 1. The van der Waals surface area contributed by atoms with Crippen molar-refractivity contribution in [2.45, 2.75) is 39.3 Å². The van der Waals surface area contributed by atoms with Crippen LogP contribution in [0.1, 0.15) is 43.8 Å². The number of fused-ring (bicyclic) bond motifs is 1. The molecule has 0 amide bonds. The third-order valence-electron chi connectivity index (χ3n) is 6.94. The maximum atomic E-state index is 13.5. The molecule has 10 heteroatoms. The Bertz CT molecular complexity index is 1480. The van der Waals surface area contributed by atoms with E-state index >= 15 is 0 Å². The smallest absolute Gasteiger partial charge is 0.253 e. The molecule has 0 radical (unpaired) electrons. The number of halogens is 1. The van der Waals surface area contributed by atoms with Crippen LogP contribution >= 0.6 is 11.6 Å². The number of rotatable bonds is 5. The SMILES string of the molecule is COc1ccc2cc(C(c3nnnn3C(C)(C)C)N3CCN(c4cc(Cl)ccc4C)CC3)c(=O)[nH]c2c1. The van der Waals surface area contributed by atoms with Crippen molar-refractivity contribution in [3.05, 3.63) is 74.8 Å². The zero-order chi connectivity index (χ0) is 26.3. The van der Waals surface area contributed by atoms with Crippen LogP contribution in [0, 0.1) is 6.92 Å². The van der Waals surface area contributed by atoms with E-state index in [2.05, 4.69) is 58.0 Å². The molecule has 2 aromatic heterocycles. The number of H-pyrrole nitrogens is 1. The van der Waals surface area contributed by atoms with E-state index in [1.54, 1.807) is 7.11 Å². The molecule has 0 saturated carbocycles. The minimum Gasteiger partial charge on any atom is -0.497 e. The number of nitrogens with one attached hydrogen (secondary N) is 1. The van der Waals surface area contributed by atoms with Crippen LogP contribution in [0.3, 0.4) is 0 Å². The standard InChI is InChI=1S/C27H32ClN7O2/c1-17-6-8-19(28)15-23(17)33-10-12-34(13-11-33)24(25-30-31-32-35(25)27(2,3)4)21-14-18-7-9-20(37-5)16-22(18)29-26(21)36/h6-9,14-16,24H,10-13H2,1-5H3,(H,29,36). The summed E-state index contributed by atoms with van der Waals surface area (Å²) in [5.74, 6) is 1.34. The van der Waals surface area contributed by atoms with Gasteiger partial charge in [0.1, 0.15) is 11.8 Å². The lowest BCUT2D eigenvalue weighted by molar-refractivity contribution is 0.190. The van der Waals surface area contributed by atoms with Crippen molar-refractivity contribution >= 4 is 28.2 Å². The molecular formula is C27H32ClN7O2. The molecule has 0 bridgehead atoms. The van der Waals surface area contributed by atoms with E-state index in [0.717, 1.165) is 47.8 Å². The fourth-order valence-corrected chi connectivity index (χ4v) is 5.18. The molecule has 1 unspecified atom stereocenters. The summed E-state index contributed by atoms with van der Waals surface area (Å²) >= 11 is 6.30. The molecule has 5 rings (SSSR count). The van der Waals surface area contributed by atoms with Gasteiger partial charge >= 0.3 is 0 Å². The van der Waals surface area contributed by atoms with Crippen LogP contribution in [0.4, 0.5) is 5.69 Å². The maximum absolute atomic E-state index is 13.5. The van der Waals surface area contributed by atoms with Crippen molar-refractivity contribution in [2.24, 2.45) is 0 Å². The largest absolute Gasteiger partial charge is 0.497 e. The molecule has 1 atom stereocenters. The number of methoxy groups -OCH3 is 1. The molecule has 37 heavy (non-hydrogen) atoms. The third-order valence-corrected chi connectivity index (χ3v) is 7.18. The van der Waals surface area contributed by atoms with Crippen molar-refractivity contribution in [3.8, 4) is 5.75 Å². The highest BCUT2D eigenvalue weighted by Crippen LogP contribution is 2.32. The maximum Gasteiger partial charge on any atom is 0.253 e. The zero-order valence-corrected chi connectivity index (χ0v) is 22.6. The Morgan fingerprint density at radius 2 is 1.81 bits per heavy atom. The van der Waals surface area contributed by atoms with E-state index < -0.39 is 6.04 Å². The molecule has 1 aliphatic heterocycles. The number of tetrazole rings is 1. The fraction of sp³-hybridized carbons (Fsp3) is 0.407. The van der Waals surface area contributed by atoms with E-state index in [1.165, 1.54) is 5.56 Å². The Hall–Kier alpha value is -3.43. The van der Waals surface area contributed by atoms with E-state index in [9.17, 15) is 4.79 Å². The summed E-state index contributed by atoms with van der Waals surface area (Å²) in [6, 6.07) is 13.2. The minimum atomic E-state index is -0.410. The summed E-state index contributed by atoms with van der Waals surface area (Å²) in [5, 5.41) is 14.4. The number of aryl methyl sites for hydroxylation is 1. The lowest BCUT2D eigenvalue weighted by Crippen LogP contribution is -2.49. The Morgan fingerprint density at radius 1 is 1.05 bits per heavy atom. The molecule has 0 aliphatic carbocycles. The van der Waals surface area contributed by atoms with Gasteiger partial charge in [-0.25, -0.2) is 4.68 Å². The lowest BCUT2D eigenvalue weighted by Gasteiger charge is -2.40. The van der Waals surface area contributed by atoms with E-state index in [1.807, 2.05) is 47.1 Å². The lowest BCUT2D eigenvalue weighted by atomic mass is 10.0. The first-order valence-corrected chi connectivity index (χ1v) is 12.8. The van der Waals surface area contributed by atoms with Gasteiger partial charge in [-0.3, -0.25) is 9.69 Å². The molecule has 3 heterocycles. The first-order chi connectivity index (χ1) is 17.7. The normalized spacial score (nSPS) is 15.8. The first kappa shape index (κ1) is 25.2. The van der Waals surface area contributed by atoms with E-state index in [4.69, 9.17) is 16.3 Å². The molecule has 2 aromatic carbocycles. The highest BCUT2D eigenvalue weighted by atomic mass is 35.5. The Labute approximate surface area is 221 Å². The number of aromatic amines is 1. The van der Waals surface area contributed by atoms with Crippen LogP contribution in [0.15, 0.2) is 47.3 Å². The number of pyridine rings is 1. The van der Waals surface area contributed by atoms with Gasteiger partial charge in [0.25, 0.3) is 5.56 Å². The molecule has 9 nitrogen and oxygen atoms in total. The van der Waals surface area contributed by atoms with Crippen LogP contribution in [-0.4, -0.2) is 63.4 Å². The third kappa shape index (κ3) is 4.93. The molecule has 4 aromatic rings. The molecule has 1 aliphatic rings. The van der Waals surface area contributed by atoms with Crippen LogP contribution < -0.4 is 15.2 Å². The van der Waals surface area contributed by atoms with Crippen molar-refractivity contribution in [1.29, 1.82) is 0 Å². The van der Waals surface area contributed by atoms with Crippen LogP contribution in [0.2, 0.25) is 5.02 Å². The second kappa shape index (κ2) is 9.79. The molecule has 1 fully saturated rings. The zero-order valence-electron chi connectivity index (χ0n) is 21.8. The second-order valence-corrected chi connectivity index (χ2v) is 10.9. The molecular weight excluding hydrogens is 490 g/mol. The summed E-state index contributed by atoms with van der Waals surface area (Å²) < 4.78 is 7.16. The number of benzene rings is 2. The summed E-state index contributed by atoms with van der Waals surface area (Å²) in [5.41, 5.74) is 3.15. The first-order valence-electron chi connectivity index (χ1n) is 12.4. The number of nitrogens with zero attached hydrogens (tertiary/aromatic N) is 6. The number of hydrogen-bond acceptors (Lipinski definition) is 7. The van der Waals surface area contributed by atoms with Crippen molar-refractivity contribution < 1.29 is 4.74 Å². The van der Waals surface area contributed by atoms with Gasteiger partial charge < -0.3 is 14.6 Å². The Morgan fingerprint density at radius 3 is 2.51 bits per heavy atom. The van der Waals surface area contributed by atoms with Crippen molar-refractivity contribution in [3.63, 3.8) is 0 Å². The summed E-state index contributed by atoms with van der Waals surface area (Å²) in [6.07, 6.45) is 0. The Kier molecular flexibility index (Phi) is 6.68. The fourth-order valence-electron chi connectivity index (χ4n) is 5.01. The quantitative estimate of drug-likeness (QED) is 0.421. The Balaban J connectivity index is 1.55. The van der Waals surface area contributed by atoms with Gasteiger partial charge in [0.2, 0.25) is 0 Å². The van der Waals surface area contributed by atoms with Gasteiger partial charge in [0, 0.05) is 48.5 Å². The van der Waals surface area contributed by atoms with E-state index in [0.29, 0.717) is 17.1 Å². The summed E-state index contributed by atoms with van der Waals surface area (Å²) in [7, 11) is 1.61. The average molecular weight is 522 g/mol. The second-order valence-electron chi connectivity index (χ2n) is 10.5. The van der Waals surface area contributed by atoms with Crippen molar-refractivity contribution in [2.75, 3.05) is 38.2 Å². The summed E-state index contributed by atoms with van der Waals surface area (Å²) in [4.78, 5) is 21.2. The average Bonchev–Trinajstić information content (AvgIpc) is 3.36. The molecule has 194 valence electrons. The summed E-state index contributed by atoms with van der Waals surface area (Å²) in [6.45, 7) is 11.3. The van der Waals surface area contributed by atoms with Gasteiger partial charge in [-0.15, -0.1) is 5.10 Å². The number of ether oxygens (including phenoxy) is 1. The van der Waals surface area contributed by atoms with E-state index in [-0.39, 0.29) is 11.1 Å². The molecule has 1 saturated heterocycles. The van der Waals surface area contributed by atoms with Gasteiger partial charge in [-0.2, -0.15) is 0 Å². The monoisotopic (exact) mass is 521 g/mol. The molecule has 0 spiro atoms. The van der Waals surface area contributed by atoms with Crippen LogP contribution in [-0.2, 0) is 5.54 Å². The van der Waals surface area contributed by atoms with Gasteiger partial charge in [0.05, 0.1) is 18.2 Å². The minimum absolute atomic E-state index is 0.165. The predicted octanol–water partition coefficient (Wildman–Crippen LogP) is 4.15. The van der Waals surface area contributed by atoms with Crippen LogP contribution in [0.25, 0.3) is 10.9 Å².